The number of aliphatic hydroxyl groups excluding tert-OH is 3. The van der Waals surface area contributed by atoms with Gasteiger partial charge in [-0.3, -0.25) is 10.1 Å². The van der Waals surface area contributed by atoms with Crippen molar-refractivity contribution in [3.05, 3.63) is 58.1 Å². The first-order valence-electron chi connectivity index (χ1n) is 9.57. The van der Waals surface area contributed by atoms with Gasteiger partial charge >= 0.3 is 18.4 Å². The van der Waals surface area contributed by atoms with E-state index in [2.05, 4.69) is 4.74 Å². The van der Waals surface area contributed by atoms with Crippen LogP contribution in [-0.4, -0.2) is 70.1 Å². The lowest BCUT2D eigenvalue weighted by Gasteiger charge is -2.20. The minimum atomic E-state index is -5.21. The van der Waals surface area contributed by atoms with E-state index in [1.54, 1.807) is 5.32 Å². The summed E-state index contributed by atoms with van der Waals surface area (Å²) in [6.07, 6.45) is -5.21. The molecule has 0 atom stereocenters. The summed E-state index contributed by atoms with van der Waals surface area (Å²) >= 11 is 5.59. The Morgan fingerprint density at radius 3 is 1.97 bits per heavy atom. The average molecular weight is 560 g/mol. The Morgan fingerprint density at radius 1 is 0.973 bits per heavy atom. The average Bonchev–Trinajstić information content (AvgIpc) is 2.81. The van der Waals surface area contributed by atoms with Gasteiger partial charge in [-0.15, -0.1) is 13.2 Å². The Morgan fingerprint density at radius 2 is 1.51 bits per heavy atom. The van der Waals surface area contributed by atoms with Gasteiger partial charge in [0.15, 0.2) is 17.4 Å². The number of carbonyl (C=O) groups is 3. The Kier molecular flexibility index (Phi) is 11.1. The highest BCUT2D eigenvalue weighted by Gasteiger charge is 2.33. The lowest BCUT2D eigenvalue weighted by molar-refractivity contribution is -0.274. The van der Waals surface area contributed by atoms with Crippen LogP contribution in [0.1, 0.15) is 20.7 Å². The van der Waals surface area contributed by atoms with Crippen molar-refractivity contribution >= 4 is 35.2 Å². The van der Waals surface area contributed by atoms with E-state index in [1.807, 2.05) is 5.32 Å². The van der Waals surface area contributed by atoms with E-state index in [0.29, 0.717) is 18.2 Å². The summed E-state index contributed by atoms with van der Waals surface area (Å²) in [6.45, 7) is -1.21. The number of imide groups is 1. The number of aromatic carboxylic acids is 1. The molecule has 37 heavy (non-hydrogen) atoms. The maximum atomic E-state index is 13.2. The van der Waals surface area contributed by atoms with Crippen molar-refractivity contribution in [3.8, 4) is 5.75 Å². The van der Waals surface area contributed by atoms with Gasteiger partial charge < -0.3 is 36.2 Å². The first-order valence-corrected chi connectivity index (χ1v) is 9.95. The summed E-state index contributed by atoms with van der Waals surface area (Å²) in [5.41, 5.74) is 2.12. The molecule has 17 heteroatoms. The minimum Gasteiger partial charge on any atom is -0.478 e. The van der Waals surface area contributed by atoms with Crippen LogP contribution < -0.4 is 21.1 Å². The highest BCUT2D eigenvalue weighted by atomic mass is 35.5. The van der Waals surface area contributed by atoms with Crippen LogP contribution in [0.2, 0.25) is 5.02 Å². The molecule has 0 radical (unpaired) electrons. The molecular weight excluding hydrogens is 541 g/mol. The second-order valence-electron chi connectivity index (χ2n) is 7.06. The van der Waals surface area contributed by atoms with E-state index >= 15 is 0 Å². The molecule has 0 aromatic heterocycles. The third kappa shape index (κ3) is 9.77. The lowest BCUT2D eigenvalue weighted by Crippen LogP contribution is -2.50. The quantitative estimate of drug-likeness (QED) is 0.196. The number of urea groups is 1. The van der Waals surface area contributed by atoms with Crippen LogP contribution in [0.15, 0.2) is 30.3 Å². The van der Waals surface area contributed by atoms with Crippen LogP contribution in [0, 0.1) is 11.6 Å². The number of alkyl halides is 3. The molecular formula is C20H19ClF5N3O8. The van der Waals surface area contributed by atoms with Gasteiger partial charge in [0.25, 0.3) is 5.91 Å². The van der Waals surface area contributed by atoms with Crippen LogP contribution >= 0.6 is 11.6 Å². The van der Waals surface area contributed by atoms with Crippen molar-refractivity contribution in [2.45, 2.75) is 11.9 Å². The maximum Gasteiger partial charge on any atom is 0.573 e. The molecule has 0 bridgehead atoms. The molecule has 3 amide bonds. The summed E-state index contributed by atoms with van der Waals surface area (Å²) in [7, 11) is 0. The fourth-order valence-electron chi connectivity index (χ4n) is 2.14. The summed E-state index contributed by atoms with van der Waals surface area (Å²) < 4.78 is 67.4. The van der Waals surface area contributed by atoms with Gasteiger partial charge in [-0.25, -0.2) is 18.4 Å². The molecule has 11 nitrogen and oxygen atoms in total. The Balaban J connectivity index is 0.000000738. The largest absolute Gasteiger partial charge is 0.573 e. The number of hydrogen-bond acceptors (Lipinski definition) is 8. The molecule has 2 aromatic rings. The van der Waals surface area contributed by atoms with Crippen molar-refractivity contribution in [1.82, 2.24) is 5.32 Å². The minimum absolute atomic E-state index is 0.403. The first kappa shape index (κ1) is 31.5. The zero-order chi connectivity index (χ0) is 28.6. The van der Waals surface area contributed by atoms with Crippen LogP contribution in [-0.2, 0) is 0 Å². The summed E-state index contributed by atoms with van der Waals surface area (Å²) in [4.78, 5) is 34.7. The number of rotatable bonds is 7. The molecule has 0 aliphatic carbocycles. The Bertz CT molecular complexity index is 1140. The molecule has 0 aliphatic heterocycles. The number of nitrogens with two attached hydrogens (primary N) is 1. The van der Waals surface area contributed by atoms with Crippen molar-refractivity contribution in [1.29, 1.82) is 0 Å². The molecule has 8 N–H and O–H groups in total. The van der Waals surface area contributed by atoms with Gasteiger partial charge in [-0.05, 0) is 30.3 Å². The number of aliphatic hydroxyl groups is 3. The van der Waals surface area contributed by atoms with Gasteiger partial charge in [0.1, 0.15) is 0 Å². The number of ether oxygens (including phenoxy) is 1. The van der Waals surface area contributed by atoms with Crippen molar-refractivity contribution < 1.29 is 61.5 Å². The van der Waals surface area contributed by atoms with Gasteiger partial charge in [-0.1, -0.05) is 11.6 Å². The van der Waals surface area contributed by atoms with E-state index in [-0.39, 0.29) is 0 Å². The predicted molar refractivity (Wildman–Crippen MR) is 116 cm³/mol. The number of carboxylic acids is 1. The van der Waals surface area contributed by atoms with Crippen LogP contribution in [0.4, 0.5) is 32.4 Å². The number of benzene rings is 2. The molecule has 0 fully saturated rings. The first-order chi connectivity index (χ1) is 17.1. The second kappa shape index (κ2) is 13.1. The van der Waals surface area contributed by atoms with E-state index < -0.39 is 88.9 Å². The summed E-state index contributed by atoms with van der Waals surface area (Å²) in [5, 5.41) is 36.8. The predicted octanol–water partition coefficient (Wildman–Crippen LogP) is 1.84. The summed E-state index contributed by atoms with van der Waals surface area (Å²) in [5.74, 6) is -6.68. The van der Waals surface area contributed by atoms with Crippen LogP contribution in [0.3, 0.4) is 0 Å². The third-order valence-corrected chi connectivity index (χ3v) is 4.44. The van der Waals surface area contributed by atoms with E-state index in [9.17, 15) is 36.3 Å². The lowest BCUT2D eigenvalue weighted by atomic mass is 10.1. The highest BCUT2D eigenvalue weighted by molar-refractivity contribution is 6.34. The highest BCUT2D eigenvalue weighted by Crippen LogP contribution is 2.31. The third-order valence-electron chi connectivity index (χ3n) is 4.13. The number of hydrogen-bond donors (Lipinski definition) is 7. The zero-order valence-electron chi connectivity index (χ0n) is 18.3. The Hall–Kier alpha value is -3.57. The molecule has 0 saturated heterocycles. The van der Waals surface area contributed by atoms with Crippen molar-refractivity contribution in [2.24, 2.45) is 5.73 Å². The van der Waals surface area contributed by atoms with E-state index in [4.69, 9.17) is 37.8 Å². The fourth-order valence-corrected chi connectivity index (χ4v) is 2.37. The standard InChI is InChI=1S/C16H8ClF5N2O5.C4H11NO3/c17-8-5-10(19)9(18)4-7(8)13(25)24-15(28)23-11-2-1-6(14(26)27)3-12(11)29-16(20,21)22;5-4(1-6,2-7)3-8/h1-5H,(H,26,27)(H2,23,24,25,28);6-8H,1-3,5H2. The van der Waals surface area contributed by atoms with Gasteiger partial charge in [0, 0.05) is 0 Å². The summed E-state index contributed by atoms with van der Waals surface area (Å²) in [6, 6.07) is 1.68. The number of halogens is 6. The number of carboxylic acid groups (broad SMARTS) is 1. The van der Waals surface area contributed by atoms with Crippen LogP contribution in [0.5, 0.6) is 5.75 Å². The second-order valence-corrected chi connectivity index (χ2v) is 7.46. The smallest absolute Gasteiger partial charge is 0.478 e. The fraction of sp³-hybridized carbons (Fsp3) is 0.250. The molecule has 0 spiro atoms. The SMILES string of the molecule is NC(CO)(CO)CO.O=C(NC(=O)c1cc(F)c(F)cc1Cl)Nc1ccc(C(=O)O)cc1OC(F)(F)F. The number of anilines is 1. The normalized spacial score (nSPS) is 11.2. The molecule has 0 aliphatic rings. The van der Waals surface area contributed by atoms with Crippen LogP contribution in [0.25, 0.3) is 0 Å². The number of carbonyl (C=O) groups excluding carboxylic acids is 2. The molecule has 0 unspecified atom stereocenters. The molecule has 2 rings (SSSR count). The molecule has 0 heterocycles. The number of nitrogens with one attached hydrogen (secondary N) is 2. The number of amides is 3. The van der Waals surface area contributed by atoms with Gasteiger partial charge in [0.2, 0.25) is 0 Å². The topological polar surface area (TPSA) is 191 Å². The van der Waals surface area contributed by atoms with E-state index in [0.717, 1.165) is 12.1 Å². The zero-order valence-corrected chi connectivity index (χ0v) is 19.0. The molecule has 0 saturated carbocycles. The van der Waals surface area contributed by atoms with E-state index in [1.165, 1.54) is 0 Å². The maximum absolute atomic E-state index is 13.2. The van der Waals surface area contributed by atoms with Gasteiger partial charge in [0.05, 0.1) is 47.2 Å². The molecule has 204 valence electrons. The van der Waals surface area contributed by atoms with Crippen molar-refractivity contribution in [2.75, 3.05) is 25.1 Å². The monoisotopic (exact) mass is 559 g/mol. The van der Waals surface area contributed by atoms with Gasteiger partial charge in [-0.2, -0.15) is 0 Å². The molecule has 2 aromatic carbocycles. The Labute approximate surface area is 209 Å². The van der Waals surface area contributed by atoms with Crippen molar-refractivity contribution in [3.63, 3.8) is 0 Å².